The molecule has 23 heavy (non-hydrogen) atoms. The van der Waals surface area contributed by atoms with Gasteiger partial charge in [-0.15, -0.1) is 0 Å². The van der Waals surface area contributed by atoms with Crippen LogP contribution in [-0.2, 0) is 9.47 Å². The number of esters is 1. The van der Waals surface area contributed by atoms with Crippen molar-refractivity contribution in [2.45, 2.75) is 44.8 Å². The third-order valence-corrected chi connectivity index (χ3v) is 4.01. The molecule has 2 heterocycles. The molecule has 5 heteroatoms. The SMILES string of the molecule is CC(CC1CCCCO1)OC(=O)c1ccc(-c2cnco2)cc1. The van der Waals surface area contributed by atoms with Crippen LogP contribution in [0, 0.1) is 0 Å². The van der Waals surface area contributed by atoms with Crippen LogP contribution in [0.2, 0.25) is 0 Å². The Hall–Kier alpha value is -2.14. The van der Waals surface area contributed by atoms with Crippen molar-refractivity contribution in [1.29, 1.82) is 0 Å². The van der Waals surface area contributed by atoms with Gasteiger partial charge in [-0.3, -0.25) is 0 Å². The lowest BCUT2D eigenvalue weighted by Crippen LogP contribution is -2.26. The molecule has 1 aliphatic rings. The minimum atomic E-state index is -0.308. The van der Waals surface area contributed by atoms with Crippen LogP contribution in [0.4, 0.5) is 0 Å². The minimum Gasteiger partial charge on any atom is -0.459 e. The van der Waals surface area contributed by atoms with Gasteiger partial charge in [0.15, 0.2) is 12.2 Å². The summed E-state index contributed by atoms with van der Waals surface area (Å²) in [6, 6.07) is 7.13. The molecule has 0 spiro atoms. The van der Waals surface area contributed by atoms with Gasteiger partial charge < -0.3 is 13.9 Å². The predicted molar refractivity (Wildman–Crippen MR) is 85.0 cm³/mol. The van der Waals surface area contributed by atoms with E-state index in [9.17, 15) is 4.79 Å². The van der Waals surface area contributed by atoms with E-state index in [1.54, 1.807) is 18.3 Å². The number of ether oxygens (including phenoxy) is 2. The first-order valence-electron chi connectivity index (χ1n) is 8.04. The first kappa shape index (κ1) is 15.7. The molecular formula is C18H21NO4. The molecule has 0 N–H and O–H groups in total. The number of hydrogen-bond acceptors (Lipinski definition) is 5. The molecule has 1 aromatic carbocycles. The fraction of sp³-hybridized carbons (Fsp3) is 0.444. The first-order valence-corrected chi connectivity index (χ1v) is 8.04. The number of carbonyl (C=O) groups is 1. The summed E-state index contributed by atoms with van der Waals surface area (Å²) in [7, 11) is 0. The molecule has 3 rings (SSSR count). The van der Waals surface area contributed by atoms with Crippen molar-refractivity contribution < 1.29 is 18.7 Å². The van der Waals surface area contributed by atoms with Crippen LogP contribution in [0.15, 0.2) is 41.3 Å². The maximum Gasteiger partial charge on any atom is 0.338 e. The lowest BCUT2D eigenvalue weighted by molar-refractivity contribution is -0.0221. The highest BCUT2D eigenvalue weighted by Gasteiger charge is 2.20. The summed E-state index contributed by atoms with van der Waals surface area (Å²) in [6.45, 7) is 2.73. The average molecular weight is 315 g/mol. The Kier molecular flexibility index (Phi) is 5.08. The van der Waals surface area contributed by atoms with Gasteiger partial charge in [0.25, 0.3) is 0 Å². The molecule has 1 aromatic heterocycles. The summed E-state index contributed by atoms with van der Waals surface area (Å²) >= 11 is 0. The van der Waals surface area contributed by atoms with Gasteiger partial charge in [-0.2, -0.15) is 0 Å². The van der Waals surface area contributed by atoms with Crippen LogP contribution in [0.3, 0.4) is 0 Å². The molecule has 0 amide bonds. The Morgan fingerprint density at radius 3 is 2.83 bits per heavy atom. The number of benzene rings is 1. The Morgan fingerprint density at radius 2 is 2.17 bits per heavy atom. The van der Waals surface area contributed by atoms with Gasteiger partial charge in [-0.1, -0.05) is 12.1 Å². The fourth-order valence-corrected chi connectivity index (χ4v) is 2.79. The monoisotopic (exact) mass is 315 g/mol. The van der Waals surface area contributed by atoms with E-state index in [0.717, 1.165) is 31.4 Å². The van der Waals surface area contributed by atoms with Gasteiger partial charge in [-0.05, 0) is 38.3 Å². The molecule has 2 atom stereocenters. The molecule has 2 unspecified atom stereocenters. The largest absolute Gasteiger partial charge is 0.459 e. The van der Waals surface area contributed by atoms with Gasteiger partial charge in [0, 0.05) is 18.6 Å². The quantitative estimate of drug-likeness (QED) is 0.784. The number of aromatic nitrogens is 1. The second-order valence-electron chi connectivity index (χ2n) is 5.88. The Balaban J connectivity index is 1.55. The van der Waals surface area contributed by atoms with Crippen LogP contribution < -0.4 is 0 Å². The fourth-order valence-electron chi connectivity index (χ4n) is 2.79. The molecule has 2 aromatic rings. The molecular weight excluding hydrogens is 294 g/mol. The van der Waals surface area contributed by atoms with E-state index in [-0.39, 0.29) is 18.2 Å². The highest BCUT2D eigenvalue weighted by atomic mass is 16.5. The molecule has 5 nitrogen and oxygen atoms in total. The van der Waals surface area contributed by atoms with Gasteiger partial charge in [0.1, 0.15) is 6.10 Å². The number of carbonyl (C=O) groups excluding carboxylic acids is 1. The summed E-state index contributed by atoms with van der Waals surface area (Å²) < 4.78 is 16.4. The van der Waals surface area contributed by atoms with Crippen molar-refractivity contribution in [2.24, 2.45) is 0 Å². The van der Waals surface area contributed by atoms with Crippen molar-refractivity contribution in [3.8, 4) is 11.3 Å². The van der Waals surface area contributed by atoms with Crippen LogP contribution >= 0.6 is 0 Å². The van der Waals surface area contributed by atoms with Gasteiger partial charge >= 0.3 is 5.97 Å². The van der Waals surface area contributed by atoms with E-state index in [1.807, 2.05) is 19.1 Å². The van der Waals surface area contributed by atoms with Crippen molar-refractivity contribution in [3.05, 3.63) is 42.4 Å². The highest BCUT2D eigenvalue weighted by molar-refractivity contribution is 5.90. The zero-order chi connectivity index (χ0) is 16.1. The van der Waals surface area contributed by atoms with Crippen molar-refractivity contribution >= 4 is 5.97 Å². The molecule has 0 radical (unpaired) electrons. The zero-order valence-corrected chi connectivity index (χ0v) is 13.2. The number of oxazole rings is 1. The van der Waals surface area contributed by atoms with E-state index < -0.39 is 0 Å². The summed E-state index contributed by atoms with van der Waals surface area (Å²) in [5.74, 6) is 0.366. The molecule has 0 aliphatic carbocycles. The van der Waals surface area contributed by atoms with Crippen molar-refractivity contribution in [2.75, 3.05) is 6.61 Å². The Morgan fingerprint density at radius 1 is 1.35 bits per heavy atom. The van der Waals surface area contributed by atoms with E-state index >= 15 is 0 Å². The third-order valence-electron chi connectivity index (χ3n) is 4.01. The maximum absolute atomic E-state index is 12.2. The average Bonchev–Trinajstić information content (AvgIpc) is 3.10. The number of nitrogens with zero attached hydrogens (tertiary/aromatic N) is 1. The van der Waals surface area contributed by atoms with Crippen molar-refractivity contribution in [3.63, 3.8) is 0 Å². The summed E-state index contributed by atoms with van der Waals surface area (Å²) in [5, 5.41) is 0. The van der Waals surface area contributed by atoms with Crippen LogP contribution in [0.25, 0.3) is 11.3 Å². The lowest BCUT2D eigenvalue weighted by Gasteiger charge is -2.25. The van der Waals surface area contributed by atoms with Crippen LogP contribution in [0.1, 0.15) is 43.0 Å². The molecule has 122 valence electrons. The van der Waals surface area contributed by atoms with Crippen LogP contribution in [0.5, 0.6) is 0 Å². The topological polar surface area (TPSA) is 61.6 Å². The molecule has 1 saturated heterocycles. The summed E-state index contributed by atoms with van der Waals surface area (Å²) in [6.07, 6.45) is 7.19. The van der Waals surface area contributed by atoms with Gasteiger partial charge in [0.05, 0.1) is 17.9 Å². The zero-order valence-electron chi connectivity index (χ0n) is 13.2. The van der Waals surface area contributed by atoms with E-state index in [0.29, 0.717) is 11.3 Å². The van der Waals surface area contributed by atoms with Crippen molar-refractivity contribution in [1.82, 2.24) is 4.98 Å². The predicted octanol–water partition coefficient (Wildman–Crippen LogP) is 3.85. The van der Waals surface area contributed by atoms with E-state index in [1.165, 1.54) is 12.8 Å². The summed E-state index contributed by atoms with van der Waals surface area (Å²) in [4.78, 5) is 16.1. The maximum atomic E-state index is 12.2. The first-order chi connectivity index (χ1) is 11.2. The minimum absolute atomic E-state index is 0.153. The Labute approximate surface area is 135 Å². The number of hydrogen-bond donors (Lipinski definition) is 0. The highest BCUT2D eigenvalue weighted by Crippen LogP contribution is 2.21. The summed E-state index contributed by atoms with van der Waals surface area (Å²) in [5.41, 5.74) is 1.41. The smallest absolute Gasteiger partial charge is 0.338 e. The van der Waals surface area contributed by atoms with Gasteiger partial charge in [0.2, 0.25) is 0 Å². The number of rotatable bonds is 5. The van der Waals surface area contributed by atoms with Crippen LogP contribution in [-0.4, -0.2) is 29.8 Å². The normalized spacial score (nSPS) is 19.3. The second-order valence-corrected chi connectivity index (χ2v) is 5.88. The molecule has 1 aliphatic heterocycles. The molecule has 0 bridgehead atoms. The van der Waals surface area contributed by atoms with Gasteiger partial charge in [-0.25, -0.2) is 9.78 Å². The lowest BCUT2D eigenvalue weighted by atomic mass is 10.0. The van der Waals surface area contributed by atoms with E-state index in [2.05, 4.69) is 4.98 Å². The Bertz CT molecular complexity index is 615. The molecule has 1 fully saturated rings. The third kappa shape index (κ3) is 4.20. The van der Waals surface area contributed by atoms with E-state index in [4.69, 9.17) is 13.9 Å². The standard InChI is InChI=1S/C18H21NO4/c1-13(10-16-4-2-3-9-21-16)23-18(20)15-7-5-14(6-8-15)17-11-19-12-22-17/h5-8,11-13,16H,2-4,9-10H2,1H3. The molecule has 0 saturated carbocycles. The second kappa shape index (κ2) is 7.42.